The molecule has 152 valence electrons. The van der Waals surface area contributed by atoms with Crippen molar-refractivity contribution in [1.82, 2.24) is 9.88 Å². The first-order valence-corrected chi connectivity index (χ1v) is 10.4. The van der Waals surface area contributed by atoms with Gasteiger partial charge in [0.25, 0.3) is 0 Å². The van der Waals surface area contributed by atoms with Gasteiger partial charge in [0, 0.05) is 24.3 Å². The van der Waals surface area contributed by atoms with E-state index in [0.717, 1.165) is 13.0 Å². The number of pyridine rings is 1. The zero-order chi connectivity index (χ0) is 20.2. The molecule has 1 aliphatic heterocycles. The summed E-state index contributed by atoms with van der Waals surface area (Å²) in [5.41, 5.74) is 0.711. The molecule has 27 heavy (non-hydrogen) atoms. The highest BCUT2D eigenvalue weighted by Gasteiger charge is 2.29. The Morgan fingerprint density at radius 1 is 1.30 bits per heavy atom. The maximum Gasteiger partial charge on any atom is 0.416 e. The molecule has 0 bridgehead atoms. The van der Waals surface area contributed by atoms with Crippen LogP contribution in [0.25, 0.3) is 0 Å². The smallest absolute Gasteiger partial charge is 0.416 e. The maximum atomic E-state index is 12.7. The van der Waals surface area contributed by atoms with Crippen LogP contribution in [0.15, 0.2) is 18.3 Å². The largest absolute Gasteiger partial charge is 0.443 e. The summed E-state index contributed by atoms with van der Waals surface area (Å²) in [6, 6.07) is 5.07. The van der Waals surface area contributed by atoms with Gasteiger partial charge in [-0.25, -0.2) is 9.78 Å². The zero-order valence-electron chi connectivity index (χ0n) is 18.2. The normalized spacial score (nSPS) is 19.8. The summed E-state index contributed by atoms with van der Waals surface area (Å²) in [5.74, 6) is 0.661. The number of hydrogen-bond acceptors (Lipinski definition) is 4. The Morgan fingerprint density at radius 2 is 2.00 bits per heavy atom. The van der Waals surface area contributed by atoms with E-state index in [2.05, 4.69) is 36.7 Å². The Kier molecular flexibility index (Phi) is 7.26. The number of carbonyl (C=O) groups excluding carboxylic acids is 1. The number of amides is 1. The summed E-state index contributed by atoms with van der Waals surface area (Å²) in [6.07, 6.45) is 6.14. The Hall–Kier alpha value is -1.62. The van der Waals surface area contributed by atoms with Gasteiger partial charge in [-0.2, -0.15) is 0 Å². The molecule has 0 saturated carbocycles. The number of ether oxygens (including phenoxy) is 1. The molecule has 1 aromatic heterocycles. The Balaban J connectivity index is 2.25. The molecule has 1 amide bonds. The van der Waals surface area contributed by atoms with Crippen molar-refractivity contribution in [3.63, 3.8) is 0 Å². The van der Waals surface area contributed by atoms with Crippen LogP contribution in [0.5, 0.6) is 0 Å². The number of hydrogen-bond donors (Lipinski definition) is 0. The van der Waals surface area contributed by atoms with Crippen LogP contribution in [0.2, 0.25) is 0 Å². The number of anilines is 1. The minimum Gasteiger partial charge on any atom is -0.443 e. The minimum atomic E-state index is -0.525. The average Bonchev–Trinajstić information content (AvgIpc) is 2.60. The number of nitrogens with zero attached hydrogens (tertiary/aromatic N) is 3. The molecule has 1 fully saturated rings. The van der Waals surface area contributed by atoms with Crippen molar-refractivity contribution in [2.24, 2.45) is 0 Å². The third-order valence-electron chi connectivity index (χ3n) is 5.23. The molecular formula is C22H37N3O2. The quantitative estimate of drug-likeness (QED) is 0.676. The molecule has 0 spiro atoms. The van der Waals surface area contributed by atoms with Gasteiger partial charge in [-0.15, -0.1) is 0 Å². The van der Waals surface area contributed by atoms with Gasteiger partial charge in [0.15, 0.2) is 0 Å². The lowest BCUT2D eigenvalue weighted by Gasteiger charge is -2.39. The first-order valence-electron chi connectivity index (χ1n) is 10.4. The van der Waals surface area contributed by atoms with Gasteiger partial charge in [0.2, 0.25) is 0 Å². The fourth-order valence-electron chi connectivity index (χ4n) is 3.66. The van der Waals surface area contributed by atoms with Crippen LogP contribution >= 0.6 is 0 Å². The van der Waals surface area contributed by atoms with E-state index in [9.17, 15) is 4.79 Å². The van der Waals surface area contributed by atoms with Crippen LogP contribution in [0.4, 0.5) is 10.6 Å². The Bertz CT molecular complexity index is 607. The molecule has 5 nitrogen and oxygen atoms in total. The number of aromatic nitrogens is 1. The van der Waals surface area contributed by atoms with Crippen molar-refractivity contribution >= 4 is 11.9 Å². The van der Waals surface area contributed by atoms with Gasteiger partial charge >= 0.3 is 6.09 Å². The zero-order valence-corrected chi connectivity index (χ0v) is 18.2. The molecule has 0 aromatic carbocycles. The number of rotatable bonds is 5. The monoisotopic (exact) mass is 375 g/mol. The van der Waals surface area contributed by atoms with Gasteiger partial charge in [-0.05, 0) is 79.0 Å². The van der Waals surface area contributed by atoms with Crippen molar-refractivity contribution in [2.75, 3.05) is 11.4 Å². The van der Waals surface area contributed by atoms with E-state index in [1.54, 1.807) is 4.90 Å². The highest BCUT2D eigenvalue weighted by molar-refractivity contribution is 5.87. The van der Waals surface area contributed by atoms with Crippen molar-refractivity contribution in [1.29, 1.82) is 0 Å². The van der Waals surface area contributed by atoms with Gasteiger partial charge in [-0.1, -0.05) is 19.4 Å². The third kappa shape index (κ3) is 5.68. The van der Waals surface area contributed by atoms with Crippen molar-refractivity contribution in [2.45, 2.75) is 97.9 Å². The van der Waals surface area contributed by atoms with Crippen LogP contribution in [0, 0.1) is 0 Å². The van der Waals surface area contributed by atoms with Gasteiger partial charge < -0.3 is 4.74 Å². The van der Waals surface area contributed by atoms with E-state index < -0.39 is 5.60 Å². The molecule has 0 N–H and O–H groups in total. The van der Waals surface area contributed by atoms with Crippen LogP contribution < -0.4 is 4.90 Å². The molecule has 0 radical (unpaired) electrons. The second kappa shape index (κ2) is 9.05. The van der Waals surface area contributed by atoms with Crippen LogP contribution in [0.1, 0.15) is 85.8 Å². The molecule has 2 heterocycles. The summed E-state index contributed by atoms with van der Waals surface area (Å²) in [6.45, 7) is 15.4. The summed E-state index contributed by atoms with van der Waals surface area (Å²) in [4.78, 5) is 21.6. The van der Waals surface area contributed by atoms with E-state index in [0.29, 0.717) is 17.9 Å². The average molecular weight is 376 g/mol. The molecule has 2 rings (SSSR count). The van der Waals surface area contributed by atoms with Gasteiger partial charge in [0.1, 0.15) is 11.4 Å². The van der Waals surface area contributed by atoms with E-state index in [1.165, 1.54) is 24.8 Å². The molecular weight excluding hydrogens is 338 g/mol. The predicted molar refractivity (Wildman–Crippen MR) is 111 cm³/mol. The molecule has 0 aliphatic carbocycles. The van der Waals surface area contributed by atoms with Crippen LogP contribution in [-0.4, -0.2) is 40.2 Å². The van der Waals surface area contributed by atoms with Crippen LogP contribution in [0.3, 0.4) is 0 Å². The van der Waals surface area contributed by atoms with Gasteiger partial charge in [-0.3, -0.25) is 9.80 Å². The maximum absolute atomic E-state index is 12.7. The second-order valence-electron chi connectivity index (χ2n) is 8.90. The Morgan fingerprint density at radius 3 is 2.52 bits per heavy atom. The SMILES string of the molecule is CCC(C)N(C(=O)OC(C)(C)C)c1ccc(C2CCCCN2C(C)C)cn1. The third-order valence-corrected chi connectivity index (χ3v) is 5.23. The lowest BCUT2D eigenvalue weighted by Crippen LogP contribution is -2.42. The van der Waals surface area contributed by atoms with Gasteiger partial charge in [0.05, 0.1) is 0 Å². The standard InChI is InChI=1S/C22H37N3O2/c1-8-17(4)25(21(26)27-22(5,6)7)20-13-12-18(15-23-20)19-11-9-10-14-24(19)16(2)3/h12-13,15-17,19H,8-11,14H2,1-7H3. The summed E-state index contributed by atoms with van der Waals surface area (Å²) >= 11 is 0. The summed E-state index contributed by atoms with van der Waals surface area (Å²) in [5, 5.41) is 0. The molecule has 1 saturated heterocycles. The van der Waals surface area contributed by atoms with E-state index in [4.69, 9.17) is 4.74 Å². The van der Waals surface area contributed by atoms with Crippen molar-refractivity contribution in [3.8, 4) is 0 Å². The predicted octanol–water partition coefficient (Wildman–Crippen LogP) is 5.56. The van der Waals surface area contributed by atoms with E-state index in [-0.39, 0.29) is 12.1 Å². The summed E-state index contributed by atoms with van der Waals surface area (Å²) in [7, 11) is 0. The molecule has 1 aromatic rings. The highest BCUT2D eigenvalue weighted by atomic mass is 16.6. The van der Waals surface area contributed by atoms with Crippen molar-refractivity contribution in [3.05, 3.63) is 23.9 Å². The topological polar surface area (TPSA) is 45.7 Å². The minimum absolute atomic E-state index is 0.0278. The number of carbonyl (C=O) groups is 1. The van der Waals surface area contributed by atoms with Crippen LogP contribution in [-0.2, 0) is 4.74 Å². The number of likely N-dealkylation sites (tertiary alicyclic amines) is 1. The second-order valence-corrected chi connectivity index (χ2v) is 8.90. The first-order chi connectivity index (χ1) is 12.6. The summed E-state index contributed by atoms with van der Waals surface area (Å²) < 4.78 is 5.61. The number of piperidine rings is 1. The first kappa shape index (κ1) is 21.7. The van der Waals surface area contributed by atoms with Crippen molar-refractivity contribution < 1.29 is 9.53 Å². The highest BCUT2D eigenvalue weighted by Crippen LogP contribution is 2.33. The van der Waals surface area contributed by atoms with E-state index >= 15 is 0 Å². The molecule has 5 heteroatoms. The molecule has 1 aliphatic rings. The van der Waals surface area contributed by atoms with E-state index in [1.807, 2.05) is 40.0 Å². The fraction of sp³-hybridized carbons (Fsp3) is 0.727. The Labute approximate surface area is 165 Å². The molecule has 2 atom stereocenters. The lowest BCUT2D eigenvalue weighted by atomic mass is 9.95. The lowest BCUT2D eigenvalue weighted by molar-refractivity contribution is 0.0566. The molecule has 2 unspecified atom stereocenters. The fourth-order valence-corrected chi connectivity index (χ4v) is 3.66.